The molecule has 0 aliphatic carbocycles. The zero-order valence-electron chi connectivity index (χ0n) is 10.5. The number of nitrogens with one attached hydrogen (secondary N) is 2. The van der Waals surface area contributed by atoms with Gasteiger partial charge in [0.1, 0.15) is 5.82 Å². The maximum absolute atomic E-state index is 12.2. The van der Waals surface area contributed by atoms with Crippen LogP contribution in [0.25, 0.3) is 0 Å². The smallest absolute Gasteiger partial charge is 0.259 e. The minimum Gasteiger partial charge on any atom is -0.370 e. The van der Waals surface area contributed by atoms with Crippen molar-refractivity contribution < 1.29 is 4.79 Å². The summed E-state index contributed by atoms with van der Waals surface area (Å²) in [7, 11) is 0. The molecule has 0 aliphatic heterocycles. The minimum atomic E-state index is -0.216. The van der Waals surface area contributed by atoms with Crippen molar-refractivity contribution in [2.45, 2.75) is 6.92 Å². The molecule has 0 aliphatic rings. The number of rotatable bonds is 4. The first-order chi connectivity index (χ1) is 9.20. The highest BCUT2D eigenvalue weighted by Gasteiger charge is 2.11. The third kappa shape index (κ3) is 3.45. The van der Waals surface area contributed by atoms with E-state index in [4.69, 9.17) is 11.6 Å². The number of carbonyl (C=O) groups excluding carboxylic acids is 1. The fourth-order valence-electron chi connectivity index (χ4n) is 1.66. The fourth-order valence-corrected chi connectivity index (χ4v) is 1.85. The highest BCUT2D eigenvalue weighted by atomic mass is 35.5. The second-order valence-electron chi connectivity index (χ2n) is 3.89. The highest BCUT2D eigenvalue weighted by Crippen LogP contribution is 2.18. The molecule has 0 radical (unpaired) electrons. The van der Waals surface area contributed by atoms with Gasteiger partial charge in [-0.1, -0.05) is 17.7 Å². The van der Waals surface area contributed by atoms with Gasteiger partial charge in [0, 0.05) is 23.5 Å². The van der Waals surface area contributed by atoms with Crippen LogP contribution in [0.1, 0.15) is 17.3 Å². The van der Waals surface area contributed by atoms with Crippen LogP contribution in [0.2, 0.25) is 5.02 Å². The number of pyridine rings is 1. The van der Waals surface area contributed by atoms with Crippen molar-refractivity contribution in [3.63, 3.8) is 0 Å². The van der Waals surface area contributed by atoms with Gasteiger partial charge in [-0.3, -0.25) is 4.79 Å². The van der Waals surface area contributed by atoms with Crippen molar-refractivity contribution in [2.24, 2.45) is 0 Å². The summed E-state index contributed by atoms with van der Waals surface area (Å²) >= 11 is 5.88. The fraction of sp³-hybridized carbons (Fsp3) is 0.143. The summed E-state index contributed by atoms with van der Waals surface area (Å²) in [6, 6.07) is 10.5. The molecule has 0 saturated carbocycles. The Morgan fingerprint density at radius 3 is 2.89 bits per heavy atom. The van der Waals surface area contributed by atoms with Gasteiger partial charge in [0.2, 0.25) is 0 Å². The summed E-state index contributed by atoms with van der Waals surface area (Å²) in [5.74, 6) is 0.357. The highest BCUT2D eigenvalue weighted by molar-refractivity contribution is 6.31. The predicted octanol–water partition coefficient (Wildman–Crippen LogP) is 3.42. The molecular formula is C14H14ClN3O. The van der Waals surface area contributed by atoms with Gasteiger partial charge < -0.3 is 10.6 Å². The molecule has 1 heterocycles. The average Bonchev–Trinajstić information content (AvgIpc) is 2.39. The lowest BCUT2D eigenvalue weighted by molar-refractivity contribution is 0.102. The summed E-state index contributed by atoms with van der Waals surface area (Å²) in [6.07, 6.45) is 1.65. The van der Waals surface area contributed by atoms with Crippen LogP contribution in [0.5, 0.6) is 0 Å². The third-order valence-corrected chi connectivity index (χ3v) is 2.71. The van der Waals surface area contributed by atoms with Crippen LogP contribution in [0.15, 0.2) is 42.6 Å². The maximum Gasteiger partial charge on any atom is 0.259 e. The van der Waals surface area contributed by atoms with Crippen LogP contribution in [0.3, 0.4) is 0 Å². The van der Waals surface area contributed by atoms with Crippen LogP contribution in [0, 0.1) is 0 Å². The SMILES string of the molecule is CCNc1ncccc1C(=O)Nc1cccc(Cl)c1. The molecule has 2 rings (SSSR count). The van der Waals surface area contributed by atoms with Crippen LogP contribution >= 0.6 is 11.6 Å². The van der Waals surface area contributed by atoms with Gasteiger partial charge in [-0.2, -0.15) is 0 Å². The number of aromatic nitrogens is 1. The molecule has 0 spiro atoms. The van der Waals surface area contributed by atoms with Gasteiger partial charge in [-0.25, -0.2) is 4.98 Å². The number of hydrogen-bond donors (Lipinski definition) is 2. The van der Waals surface area contributed by atoms with E-state index in [1.807, 2.05) is 6.92 Å². The maximum atomic E-state index is 12.2. The largest absolute Gasteiger partial charge is 0.370 e. The zero-order valence-corrected chi connectivity index (χ0v) is 11.2. The topological polar surface area (TPSA) is 54.0 Å². The molecule has 1 aromatic heterocycles. The van der Waals surface area contributed by atoms with Crippen LogP contribution in [0.4, 0.5) is 11.5 Å². The quantitative estimate of drug-likeness (QED) is 0.899. The molecule has 2 N–H and O–H groups in total. The number of nitrogens with zero attached hydrogens (tertiary/aromatic N) is 1. The van der Waals surface area contributed by atoms with Crippen molar-refractivity contribution in [1.29, 1.82) is 0 Å². The van der Waals surface area contributed by atoms with E-state index in [1.165, 1.54) is 0 Å². The Balaban J connectivity index is 2.20. The number of anilines is 2. The molecule has 0 saturated heterocycles. The van der Waals surface area contributed by atoms with E-state index in [2.05, 4.69) is 15.6 Å². The van der Waals surface area contributed by atoms with E-state index in [1.54, 1.807) is 42.6 Å². The monoisotopic (exact) mass is 275 g/mol. The summed E-state index contributed by atoms with van der Waals surface area (Å²) in [6.45, 7) is 2.65. The first kappa shape index (κ1) is 13.4. The summed E-state index contributed by atoms with van der Waals surface area (Å²) in [4.78, 5) is 16.3. The lowest BCUT2D eigenvalue weighted by atomic mass is 10.2. The van der Waals surface area contributed by atoms with E-state index in [0.717, 1.165) is 0 Å². The van der Waals surface area contributed by atoms with Gasteiger partial charge in [0.15, 0.2) is 0 Å². The molecule has 4 nitrogen and oxygen atoms in total. The molecule has 98 valence electrons. The molecule has 5 heteroatoms. The summed E-state index contributed by atoms with van der Waals surface area (Å²) in [5.41, 5.74) is 1.16. The summed E-state index contributed by atoms with van der Waals surface area (Å²) in [5, 5.41) is 6.43. The number of hydrogen-bond acceptors (Lipinski definition) is 3. The molecule has 0 unspecified atom stereocenters. The standard InChI is InChI=1S/C14H14ClN3O/c1-2-16-13-12(7-4-8-17-13)14(19)18-11-6-3-5-10(15)9-11/h3-9H,2H2,1H3,(H,16,17)(H,18,19). The normalized spacial score (nSPS) is 10.0. The van der Waals surface area contributed by atoms with E-state index in [-0.39, 0.29) is 5.91 Å². The van der Waals surface area contributed by atoms with Crippen molar-refractivity contribution in [1.82, 2.24) is 4.98 Å². The van der Waals surface area contributed by atoms with Crippen molar-refractivity contribution in [2.75, 3.05) is 17.2 Å². The second-order valence-corrected chi connectivity index (χ2v) is 4.33. The second kappa shape index (κ2) is 6.20. The Hall–Kier alpha value is -2.07. The number of amides is 1. The number of halogens is 1. The molecule has 0 fully saturated rings. The molecule has 0 atom stereocenters. The van der Waals surface area contributed by atoms with Crippen LogP contribution in [-0.2, 0) is 0 Å². The predicted molar refractivity (Wildman–Crippen MR) is 77.8 cm³/mol. The Morgan fingerprint density at radius 1 is 1.32 bits per heavy atom. The van der Waals surface area contributed by atoms with E-state index >= 15 is 0 Å². The molecule has 1 amide bonds. The van der Waals surface area contributed by atoms with E-state index in [9.17, 15) is 4.79 Å². The lowest BCUT2D eigenvalue weighted by Gasteiger charge is -2.10. The number of carbonyl (C=O) groups is 1. The molecule has 1 aromatic carbocycles. The van der Waals surface area contributed by atoms with Crippen LogP contribution in [-0.4, -0.2) is 17.4 Å². The lowest BCUT2D eigenvalue weighted by Crippen LogP contribution is -2.15. The molecule has 2 aromatic rings. The van der Waals surface area contributed by atoms with E-state index < -0.39 is 0 Å². The average molecular weight is 276 g/mol. The Bertz CT molecular complexity index is 586. The van der Waals surface area contributed by atoms with Crippen LogP contribution < -0.4 is 10.6 Å². The minimum absolute atomic E-state index is 0.216. The third-order valence-electron chi connectivity index (χ3n) is 2.48. The molecule has 19 heavy (non-hydrogen) atoms. The van der Waals surface area contributed by atoms with Gasteiger partial charge in [0.05, 0.1) is 5.56 Å². The first-order valence-corrected chi connectivity index (χ1v) is 6.34. The van der Waals surface area contributed by atoms with E-state index in [0.29, 0.717) is 28.6 Å². The molecule has 0 bridgehead atoms. The van der Waals surface area contributed by atoms with Gasteiger partial charge in [0.25, 0.3) is 5.91 Å². The van der Waals surface area contributed by atoms with Crippen molar-refractivity contribution >= 4 is 29.0 Å². The first-order valence-electron chi connectivity index (χ1n) is 5.96. The summed E-state index contributed by atoms with van der Waals surface area (Å²) < 4.78 is 0. The Labute approximate surface area is 116 Å². The Kier molecular flexibility index (Phi) is 4.36. The number of benzene rings is 1. The Morgan fingerprint density at radius 2 is 2.16 bits per heavy atom. The van der Waals surface area contributed by atoms with Gasteiger partial charge in [-0.05, 0) is 37.3 Å². The van der Waals surface area contributed by atoms with Crippen molar-refractivity contribution in [3.05, 3.63) is 53.2 Å². The van der Waals surface area contributed by atoms with Gasteiger partial charge in [-0.15, -0.1) is 0 Å². The zero-order chi connectivity index (χ0) is 13.7. The van der Waals surface area contributed by atoms with Crippen molar-refractivity contribution in [3.8, 4) is 0 Å². The molecular weight excluding hydrogens is 262 g/mol. The van der Waals surface area contributed by atoms with Gasteiger partial charge >= 0.3 is 0 Å².